The molecule has 0 saturated heterocycles. The van der Waals surface area contributed by atoms with E-state index in [2.05, 4.69) is 125 Å². The number of carbonyl (C=O) groups is 2. The van der Waals surface area contributed by atoms with Crippen molar-refractivity contribution in [3.63, 3.8) is 0 Å². The predicted molar refractivity (Wildman–Crippen MR) is 424 cm³/mol. The summed E-state index contributed by atoms with van der Waals surface area (Å²) in [6.07, 6.45) is 26.8. The van der Waals surface area contributed by atoms with E-state index in [0.29, 0.717) is 44.5 Å². The average Bonchev–Trinajstić information content (AvgIpc) is 1.49. The Kier molecular flexibility index (Phi) is 19.6. The average molecular weight is 1450 g/mol. The van der Waals surface area contributed by atoms with Gasteiger partial charge in [-0.3, -0.25) is 9.59 Å². The van der Waals surface area contributed by atoms with Crippen LogP contribution in [0.4, 0.5) is 0 Å². The van der Waals surface area contributed by atoms with Crippen molar-refractivity contribution in [1.29, 1.82) is 21.0 Å². The van der Waals surface area contributed by atoms with E-state index in [1.807, 2.05) is 117 Å². The molecule has 0 atom stereocenters. The number of benzene rings is 3. The Morgan fingerprint density at radius 2 is 0.690 bits per heavy atom. The molecule has 15 rings (SSSR count). The van der Waals surface area contributed by atoms with E-state index in [0.717, 1.165) is 70.5 Å². The van der Waals surface area contributed by atoms with E-state index in [4.69, 9.17) is 0 Å². The molecule has 8 aromatic heterocycles. The van der Waals surface area contributed by atoms with Gasteiger partial charge in [-0.15, -0.1) is 90.7 Å². The van der Waals surface area contributed by atoms with Crippen molar-refractivity contribution in [1.82, 2.24) is 0 Å². The summed E-state index contributed by atoms with van der Waals surface area (Å²) in [4.78, 5) is 44.4. The number of ketones is 2. The molecule has 8 heterocycles. The molecule has 0 aliphatic heterocycles. The maximum Gasteiger partial charge on any atom is 0.194 e. The van der Waals surface area contributed by atoms with Gasteiger partial charge in [0.15, 0.2) is 11.6 Å². The number of fused-ring (bicyclic) bond motifs is 12. The molecule has 0 fully saturated rings. The van der Waals surface area contributed by atoms with Crippen LogP contribution in [0.2, 0.25) is 0 Å². The summed E-state index contributed by atoms with van der Waals surface area (Å²) < 4.78 is 4.66. The van der Waals surface area contributed by atoms with Gasteiger partial charge < -0.3 is 0 Å². The predicted octanol–water partition coefficient (Wildman–Crippen LogP) is 25.9. The lowest BCUT2D eigenvalue weighted by Gasteiger charge is -2.32. The van der Waals surface area contributed by atoms with Gasteiger partial charge in [-0.2, -0.15) is 21.0 Å². The van der Waals surface area contributed by atoms with Gasteiger partial charge in [0.1, 0.15) is 35.4 Å². The standard InChI is InChI=1S/C86H74N4O2S8/c1-5-9-13-17-25-53-33-37-71(93-53)85(72-38-34-54(94-72)26-18-14-10-6-2)67-45-64-68(46-63(67)81-77(85)83-69(99-81)43-57(97-83)41-65-75(51(47-87)48-88)59-29-21-23-31-61(59)79(65)91)86(73-39-35-55(95-73)27-19-15-11-7-3,74-40-36-56(96-74)28-20-16-12-8-4)78-82(64)100-70-44-58(98-84(70)78)42-66-76(52(49-89)50-90)60-30-22-24-32-62(60)80(66)92/h21-24,29-46H,5-20,25-28H2,1-4H3/b65-41-,66-42-. The molecule has 4 aliphatic carbocycles. The molecule has 498 valence electrons. The molecule has 0 unspecified atom stereocenters. The second-order valence-electron chi connectivity index (χ2n) is 26.9. The topological polar surface area (TPSA) is 129 Å². The van der Waals surface area contributed by atoms with Crippen molar-refractivity contribution < 1.29 is 9.59 Å². The quantitative estimate of drug-likeness (QED) is 0.0302. The molecule has 0 saturated carbocycles. The number of carbonyl (C=O) groups excluding carboxylic acids is 2. The summed E-state index contributed by atoms with van der Waals surface area (Å²) in [6.45, 7) is 9.12. The third-order valence-electron chi connectivity index (χ3n) is 20.6. The summed E-state index contributed by atoms with van der Waals surface area (Å²) in [5, 5.41) is 41.7. The largest absolute Gasteiger partial charge is 0.289 e. The third kappa shape index (κ3) is 11.4. The maximum absolute atomic E-state index is 14.6. The molecule has 0 radical (unpaired) electrons. The summed E-state index contributed by atoms with van der Waals surface area (Å²) in [5.74, 6) is -0.359. The highest BCUT2D eigenvalue weighted by molar-refractivity contribution is 7.31. The number of Topliss-reactive ketones (excluding diaryl/α,β-unsaturated/α-hetero) is 2. The lowest BCUT2D eigenvalue weighted by molar-refractivity contribution is 0.103. The monoisotopic (exact) mass is 1450 g/mol. The highest BCUT2D eigenvalue weighted by Gasteiger charge is 2.56. The van der Waals surface area contributed by atoms with Crippen LogP contribution in [0.3, 0.4) is 0 Å². The first-order chi connectivity index (χ1) is 49.1. The summed E-state index contributed by atoms with van der Waals surface area (Å²) in [7, 11) is 0. The molecular weight excluding hydrogens is 1380 g/mol. The lowest BCUT2D eigenvalue weighted by atomic mass is 9.73. The molecule has 0 spiro atoms. The molecule has 4 aliphatic rings. The van der Waals surface area contributed by atoms with Crippen LogP contribution in [0, 0.1) is 45.3 Å². The molecule has 14 heteroatoms. The number of allylic oxidation sites excluding steroid dienone is 6. The number of thiophene rings is 8. The minimum Gasteiger partial charge on any atom is -0.289 e. The van der Waals surface area contributed by atoms with Crippen LogP contribution in [0.1, 0.15) is 233 Å². The van der Waals surface area contributed by atoms with Gasteiger partial charge in [-0.05, 0) is 170 Å². The third-order valence-corrected chi connectivity index (χ3v) is 30.5. The summed E-state index contributed by atoms with van der Waals surface area (Å²) in [6, 6.07) is 52.6. The number of hydrogen-bond donors (Lipinski definition) is 0. The Bertz CT molecular complexity index is 4930. The maximum atomic E-state index is 14.6. The number of aryl methyl sites for hydroxylation is 4. The van der Waals surface area contributed by atoms with E-state index < -0.39 is 10.8 Å². The van der Waals surface area contributed by atoms with Gasteiger partial charge >= 0.3 is 0 Å². The van der Waals surface area contributed by atoms with Gasteiger partial charge in [0.05, 0.1) is 20.2 Å². The summed E-state index contributed by atoms with van der Waals surface area (Å²) >= 11 is 15.1. The van der Waals surface area contributed by atoms with E-state index in [-0.39, 0.29) is 22.7 Å². The molecule has 3 aromatic carbocycles. The van der Waals surface area contributed by atoms with Crippen molar-refractivity contribution in [2.45, 2.75) is 167 Å². The number of nitriles is 4. The number of rotatable bonds is 26. The number of nitrogens with zero attached hydrogens (tertiary/aromatic N) is 4. The molecule has 0 amide bonds. The van der Waals surface area contributed by atoms with Crippen molar-refractivity contribution in [2.24, 2.45) is 0 Å². The van der Waals surface area contributed by atoms with Gasteiger partial charge in [-0.1, -0.05) is 153 Å². The minimum absolute atomic E-state index is 0.0677. The molecular formula is C86H74N4O2S8. The van der Waals surface area contributed by atoms with E-state index >= 15 is 0 Å². The Morgan fingerprint density at radius 3 is 1.00 bits per heavy atom. The van der Waals surface area contributed by atoms with Crippen molar-refractivity contribution in [3.05, 3.63) is 237 Å². The number of hydrogen-bond acceptors (Lipinski definition) is 14. The Labute approximate surface area is 618 Å². The number of unbranched alkanes of at least 4 members (excludes halogenated alkanes) is 12. The van der Waals surface area contributed by atoms with Crippen molar-refractivity contribution >= 4 is 144 Å². The summed E-state index contributed by atoms with van der Waals surface area (Å²) in [5.41, 5.74) is 9.89. The zero-order valence-electron chi connectivity index (χ0n) is 56.7. The highest BCUT2D eigenvalue weighted by atomic mass is 32.1. The molecule has 0 N–H and O–H groups in total. The first kappa shape index (κ1) is 67.8. The zero-order valence-corrected chi connectivity index (χ0v) is 63.2. The molecule has 0 bridgehead atoms. The molecule has 100 heavy (non-hydrogen) atoms. The van der Waals surface area contributed by atoms with Crippen LogP contribution in [0.5, 0.6) is 0 Å². The second kappa shape index (κ2) is 28.8. The molecule has 6 nitrogen and oxygen atoms in total. The smallest absolute Gasteiger partial charge is 0.194 e. The van der Waals surface area contributed by atoms with E-state index in [1.54, 1.807) is 34.8 Å². The zero-order chi connectivity index (χ0) is 68.8. The van der Waals surface area contributed by atoms with Crippen LogP contribution >= 0.6 is 90.7 Å². The first-order valence-corrected chi connectivity index (χ1v) is 42.1. The van der Waals surface area contributed by atoms with Crippen LogP contribution in [0.25, 0.3) is 63.0 Å². The van der Waals surface area contributed by atoms with Crippen molar-refractivity contribution in [3.8, 4) is 45.2 Å². The van der Waals surface area contributed by atoms with Gasteiger partial charge in [0, 0.05) is 112 Å². The van der Waals surface area contributed by atoms with E-state index in [1.165, 1.54) is 169 Å². The first-order valence-electron chi connectivity index (χ1n) is 35.6. The fourth-order valence-corrected chi connectivity index (χ4v) is 26.6. The van der Waals surface area contributed by atoms with Crippen LogP contribution in [-0.4, -0.2) is 11.6 Å². The van der Waals surface area contributed by atoms with Gasteiger partial charge in [-0.25, -0.2) is 0 Å². The van der Waals surface area contributed by atoms with Crippen LogP contribution < -0.4 is 0 Å². The fourth-order valence-electron chi connectivity index (χ4n) is 15.9. The van der Waals surface area contributed by atoms with Gasteiger partial charge in [0.2, 0.25) is 0 Å². The van der Waals surface area contributed by atoms with Crippen LogP contribution in [0.15, 0.2) is 144 Å². The Balaban J connectivity index is 1.01. The minimum atomic E-state index is -0.726. The molecule has 11 aromatic rings. The Morgan fingerprint density at radius 1 is 0.370 bits per heavy atom. The van der Waals surface area contributed by atoms with Crippen molar-refractivity contribution in [2.75, 3.05) is 0 Å². The van der Waals surface area contributed by atoms with E-state index in [9.17, 15) is 30.6 Å². The van der Waals surface area contributed by atoms with Gasteiger partial charge in [0.25, 0.3) is 0 Å². The highest BCUT2D eigenvalue weighted by Crippen LogP contribution is 2.70. The normalized spacial score (nSPS) is 15.2. The lowest BCUT2D eigenvalue weighted by Crippen LogP contribution is -2.27. The van der Waals surface area contributed by atoms with Crippen LogP contribution in [-0.2, 0) is 36.5 Å². The fraction of sp³-hybridized carbons (Fsp3) is 0.302. The SMILES string of the molecule is CCCCCCc1ccc(C2(c3ccc(CCCCCC)s3)c3cc4c(cc3-c3sc5cc(/C=C6\C(=O)c7ccccc7C6=C(C#N)C#N)sc5c32)C(c2ccc(CCCCCC)s2)(c2ccc(CCCCCC)s2)c2c-4sc3cc(/C=C4\C(=O)c5ccccc5C4=C(C#N)C#N)sc23)s1. The second-order valence-corrected chi connectivity index (χ2v) is 35.8. The Hall–Kier alpha value is -7.96.